The summed E-state index contributed by atoms with van der Waals surface area (Å²) in [5, 5.41) is 0.437. The van der Waals surface area contributed by atoms with Crippen LogP contribution in [0.2, 0.25) is 5.02 Å². The number of rotatable bonds is 6. The molecule has 1 heterocycles. The molecule has 1 amide bonds. The van der Waals surface area contributed by atoms with Gasteiger partial charge in [0.2, 0.25) is 0 Å². The first kappa shape index (κ1) is 22.8. The molecule has 0 unspecified atom stereocenters. The number of amides is 1. The second kappa shape index (κ2) is 10.5. The van der Waals surface area contributed by atoms with E-state index >= 15 is 0 Å². The summed E-state index contributed by atoms with van der Waals surface area (Å²) in [5.41, 5.74) is 2.57. The monoisotopic (exact) mass is 516 g/mol. The van der Waals surface area contributed by atoms with Crippen LogP contribution >= 0.6 is 27.5 Å². The molecule has 0 aliphatic carbocycles. The van der Waals surface area contributed by atoms with Crippen LogP contribution < -0.4 is 4.74 Å². The number of nitrogens with zero attached hydrogens (tertiary/aromatic N) is 2. The predicted molar refractivity (Wildman–Crippen MR) is 128 cm³/mol. The van der Waals surface area contributed by atoms with E-state index in [4.69, 9.17) is 16.3 Å². The Morgan fingerprint density at radius 1 is 1.00 bits per heavy atom. The quantitative estimate of drug-likeness (QED) is 0.416. The number of para-hydroxylation sites is 1. The Bertz CT molecular complexity index is 1090. The van der Waals surface area contributed by atoms with Crippen LogP contribution in [-0.2, 0) is 13.2 Å². The lowest BCUT2D eigenvalue weighted by Crippen LogP contribution is -2.48. The van der Waals surface area contributed by atoms with Crippen molar-refractivity contribution in [2.75, 3.05) is 26.2 Å². The van der Waals surface area contributed by atoms with E-state index in [-0.39, 0.29) is 11.7 Å². The lowest BCUT2D eigenvalue weighted by molar-refractivity contribution is 0.0628. The Morgan fingerprint density at radius 3 is 2.41 bits per heavy atom. The molecule has 1 aliphatic rings. The Labute approximate surface area is 200 Å². The van der Waals surface area contributed by atoms with Crippen LogP contribution in [0.5, 0.6) is 5.75 Å². The smallest absolute Gasteiger partial charge is 0.253 e. The summed E-state index contributed by atoms with van der Waals surface area (Å²) in [6.45, 7) is 3.86. The van der Waals surface area contributed by atoms with Gasteiger partial charge in [0, 0.05) is 43.3 Å². The highest BCUT2D eigenvalue weighted by atomic mass is 79.9. The molecule has 0 saturated carbocycles. The summed E-state index contributed by atoms with van der Waals surface area (Å²) < 4.78 is 20.0. The summed E-state index contributed by atoms with van der Waals surface area (Å²) >= 11 is 9.62. The number of hydrogen-bond donors (Lipinski definition) is 0. The number of piperazine rings is 1. The SMILES string of the molecule is O=C(c1ccc(COc2ccccc2Br)cc1)N1CCN(Cc2ccc(F)cc2Cl)CC1. The van der Waals surface area contributed by atoms with Crippen molar-refractivity contribution in [2.45, 2.75) is 13.2 Å². The maximum absolute atomic E-state index is 13.2. The van der Waals surface area contributed by atoms with E-state index in [0.717, 1.165) is 34.4 Å². The molecule has 32 heavy (non-hydrogen) atoms. The summed E-state index contributed by atoms with van der Waals surface area (Å²) in [4.78, 5) is 17.0. The minimum Gasteiger partial charge on any atom is -0.488 e. The van der Waals surface area contributed by atoms with Gasteiger partial charge in [-0.2, -0.15) is 0 Å². The fraction of sp³-hybridized carbons (Fsp3) is 0.240. The van der Waals surface area contributed by atoms with Crippen LogP contribution in [-0.4, -0.2) is 41.9 Å². The van der Waals surface area contributed by atoms with Gasteiger partial charge in [-0.3, -0.25) is 9.69 Å². The maximum Gasteiger partial charge on any atom is 0.253 e. The third-order valence-electron chi connectivity index (χ3n) is 5.50. The summed E-state index contributed by atoms with van der Waals surface area (Å²) in [5.74, 6) is 0.481. The molecule has 1 fully saturated rings. The first-order chi connectivity index (χ1) is 15.5. The lowest BCUT2D eigenvalue weighted by Gasteiger charge is -2.35. The van der Waals surface area contributed by atoms with Gasteiger partial charge in [0.15, 0.2) is 0 Å². The Hall–Kier alpha value is -2.41. The van der Waals surface area contributed by atoms with Gasteiger partial charge in [0.05, 0.1) is 4.47 Å². The van der Waals surface area contributed by atoms with Gasteiger partial charge in [-0.1, -0.05) is 41.9 Å². The first-order valence-corrected chi connectivity index (χ1v) is 11.6. The van der Waals surface area contributed by atoms with Crippen LogP contribution in [0.25, 0.3) is 0 Å². The Morgan fingerprint density at radius 2 is 1.72 bits per heavy atom. The highest BCUT2D eigenvalue weighted by Crippen LogP contribution is 2.25. The number of carbonyl (C=O) groups is 1. The van der Waals surface area contributed by atoms with Gasteiger partial charge in [-0.05, 0) is 63.5 Å². The number of carbonyl (C=O) groups excluding carboxylic acids is 1. The zero-order valence-corrected chi connectivity index (χ0v) is 19.8. The number of ether oxygens (including phenoxy) is 1. The topological polar surface area (TPSA) is 32.8 Å². The van der Waals surface area contributed by atoms with Crippen LogP contribution in [0.4, 0.5) is 4.39 Å². The largest absolute Gasteiger partial charge is 0.488 e. The summed E-state index contributed by atoms with van der Waals surface area (Å²) in [6.07, 6.45) is 0. The first-order valence-electron chi connectivity index (χ1n) is 10.4. The van der Waals surface area contributed by atoms with Crippen molar-refractivity contribution in [1.29, 1.82) is 0 Å². The van der Waals surface area contributed by atoms with E-state index in [9.17, 15) is 9.18 Å². The molecule has 1 aliphatic heterocycles. The van der Waals surface area contributed by atoms with Crippen LogP contribution in [0.1, 0.15) is 21.5 Å². The molecule has 4 nitrogen and oxygen atoms in total. The summed E-state index contributed by atoms with van der Waals surface area (Å²) in [7, 11) is 0. The van der Waals surface area contributed by atoms with E-state index in [1.165, 1.54) is 12.1 Å². The average molecular weight is 518 g/mol. The molecule has 4 rings (SSSR count). The molecule has 0 spiro atoms. The van der Waals surface area contributed by atoms with E-state index in [1.807, 2.05) is 53.4 Å². The standard InChI is InChI=1S/C25H23BrClFN2O2/c26-22-3-1-2-4-24(22)32-17-18-5-7-19(8-6-18)25(31)30-13-11-29(12-14-30)16-20-9-10-21(28)15-23(20)27/h1-10,15H,11-14,16-17H2. The fourth-order valence-corrected chi connectivity index (χ4v) is 4.28. The molecule has 3 aromatic carbocycles. The van der Waals surface area contributed by atoms with Gasteiger partial charge >= 0.3 is 0 Å². The van der Waals surface area contributed by atoms with E-state index in [0.29, 0.717) is 36.8 Å². The normalized spacial score (nSPS) is 14.4. The minimum absolute atomic E-state index is 0.0303. The number of benzene rings is 3. The summed E-state index contributed by atoms with van der Waals surface area (Å²) in [6, 6.07) is 19.8. The maximum atomic E-state index is 13.2. The highest BCUT2D eigenvalue weighted by Gasteiger charge is 2.22. The van der Waals surface area contributed by atoms with Crippen molar-refractivity contribution in [3.05, 3.63) is 98.7 Å². The van der Waals surface area contributed by atoms with Crippen molar-refractivity contribution in [3.8, 4) is 5.75 Å². The number of halogens is 3. The van der Waals surface area contributed by atoms with Gasteiger partial charge < -0.3 is 9.64 Å². The zero-order valence-electron chi connectivity index (χ0n) is 17.4. The Balaban J connectivity index is 1.28. The lowest BCUT2D eigenvalue weighted by atomic mass is 10.1. The van der Waals surface area contributed by atoms with Crippen molar-refractivity contribution >= 4 is 33.4 Å². The molecule has 0 radical (unpaired) electrons. The zero-order chi connectivity index (χ0) is 22.5. The van der Waals surface area contributed by atoms with Crippen LogP contribution in [0, 0.1) is 5.82 Å². The molecule has 0 bridgehead atoms. The third-order valence-corrected chi connectivity index (χ3v) is 6.51. The van der Waals surface area contributed by atoms with Gasteiger partial charge in [0.25, 0.3) is 5.91 Å². The van der Waals surface area contributed by atoms with Crippen molar-refractivity contribution in [2.24, 2.45) is 0 Å². The van der Waals surface area contributed by atoms with E-state index in [1.54, 1.807) is 6.07 Å². The molecular formula is C25H23BrClFN2O2. The van der Waals surface area contributed by atoms with Gasteiger partial charge in [0.1, 0.15) is 18.2 Å². The second-order valence-corrected chi connectivity index (χ2v) is 8.98. The van der Waals surface area contributed by atoms with E-state index in [2.05, 4.69) is 20.8 Å². The highest BCUT2D eigenvalue weighted by molar-refractivity contribution is 9.10. The van der Waals surface area contributed by atoms with Crippen molar-refractivity contribution in [1.82, 2.24) is 9.80 Å². The molecule has 3 aromatic rings. The van der Waals surface area contributed by atoms with E-state index < -0.39 is 0 Å². The molecule has 0 aromatic heterocycles. The van der Waals surface area contributed by atoms with Gasteiger partial charge in [-0.25, -0.2) is 4.39 Å². The fourth-order valence-electron chi connectivity index (χ4n) is 3.65. The third kappa shape index (κ3) is 5.68. The molecule has 166 valence electrons. The second-order valence-electron chi connectivity index (χ2n) is 7.72. The van der Waals surface area contributed by atoms with Crippen LogP contribution in [0.3, 0.4) is 0 Å². The van der Waals surface area contributed by atoms with Gasteiger partial charge in [-0.15, -0.1) is 0 Å². The minimum atomic E-state index is -0.334. The molecule has 1 saturated heterocycles. The van der Waals surface area contributed by atoms with Crippen LogP contribution in [0.15, 0.2) is 71.2 Å². The molecular weight excluding hydrogens is 495 g/mol. The van der Waals surface area contributed by atoms with Crippen molar-refractivity contribution in [3.63, 3.8) is 0 Å². The average Bonchev–Trinajstić information content (AvgIpc) is 2.81. The van der Waals surface area contributed by atoms with Crippen molar-refractivity contribution < 1.29 is 13.9 Å². The molecule has 7 heteroatoms. The molecule has 0 N–H and O–H groups in total. The Kier molecular flexibility index (Phi) is 7.45. The molecule has 0 atom stereocenters. The predicted octanol–water partition coefficient (Wildman–Crippen LogP) is 5.78. The number of hydrogen-bond acceptors (Lipinski definition) is 3.